The number of hydrogen-bond acceptors (Lipinski definition) is 4. The average molecular weight is 586 g/mol. The summed E-state index contributed by atoms with van der Waals surface area (Å²) in [5.74, 6) is 1.40. The van der Waals surface area contributed by atoms with Gasteiger partial charge in [-0.3, -0.25) is 9.59 Å². The van der Waals surface area contributed by atoms with Crippen molar-refractivity contribution in [3.05, 3.63) is 99.5 Å². The Morgan fingerprint density at radius 2 is 1.62 bits per heavy atom. The van der Waals surface area contributed by atoms with E-state index in [0.29, 0.717) is 27.8 Å². The summed E-state index contributed by atoms with van der Waals surface area (Å²) in [5, 5.41) is 4.17. The topological polar surface area (TPSA) is 58.6 Å². The molecule has 0 aromatic heterocycles. The van der Waals surface area contributed by atoms with Crippen LogP contribution in [0.3, 0.4) is 0 Å². The summed E-state index contributed by atoms with van der Waals surface area (Å²) in [6.45, 7) is 0.149. The molecule has 39 heavy (non-hydrogen) atoms. The number of ether oxygens (including phenoxy) is 1. The zero-order valence-electron chi connectivity index (χ0n) is 22.1. The van der Waals surface area contributed by atoms with Crippen molar-refractivity contribution in [2.24, 2.45) is 0 Å². The summed E-state index contributed by atoms with van der Waals surface area (Å²) in [5.41, 5.74) is 2.72. The Balaban J connectivity index is 1.58. The summed E-state index contributed by atoms with van der Waals surface area (Å²) in [6.07, 6.45) is 4.54. The smallest absolute Gasteiger partial charge is 0.243 e. The summed E-state index contributed by atoms with van der Waals surface area (Å²) in [6, 6.07) is 22.3. The lowest BCUT2D eigenvalue weighted by Gasteiger charge is -2.33. The lowest BCUT2D eigenvalue weighted by atomic mass is 10.0. The van der Waals surface area contributed by atoms with Gasteiger partial charge in [-0.1, -0.05) is 84.6 Å². The van der Waals surface area contributed by atoms with Gasteiger partial charge < -0.3 is 15.0 Å². The molecular weight excluding hydrogens is 551 g/mol. The lowest BCUT2D eigenvalue weighted by molar-refractivity contribution is -0.139. The fraction of sp³-hybridized carbons (Fsp3) is 0.355. The molecule has 3 aromatic rings. The van der Waals surface area contributed by atoms with Gasteiger partial charge in [-0.25, -0.2) is 0 Å². The predicted octanol–water partition coefficient (Wildman–Crippen LogP) is 6.93. The van der Waals surface area contributed by atoms with Crippen molar-refractivity contribution in [1.29, 1.82) is 0 Å². The monoisotopic (exact) mass is 584 g/mol. The molecule has 0 unspecified atom stereocenters. The second kappa shape index (κ2) is 14.6. The molecule has 0 heterocycles. The maximum atomic E-state index is 13.9. The van der Waals surface area contributed by atoms with Crippen LogP contribution in [-0.2, 0) is 28.3 Å². The predicted molar refractivity (Wildman–Crippen MR) is 161 cm³/mol. The molecule has 1 saturated carbocycles. The van der Waals surface area contributed by atoms with Crippen LogP contribution in [0.2, 0.25) is 10.0 Å². The first kappa shape index (κ1) is 29.3. The van der Waals surface area contributed by atoms with Crippen molar-refractivity contribution in [2.75, 3.05) is 12.9 Å². The first-order chi connectivity index (χ1) is 18.9. The molecule has 5 nitrogen and oxygen atoms in total. The number of halogens is 2. The van der Waals surface area contributed by atoms with Crippen molar-refractivity contribution >= 4 is 46.8 Å². The highest BCUT2D eigenvalue weighted by molar-refractivity contribution is 7.99. The van der Waals surface area contributed by atoms with Gasteiger partial charge in [-0.15, -0.1) is 11.8 Å². The zero-order valence-corrected chi connectivity index (χ0v) is 24.4. The van der Waals surface area contributed by atoms with E-state index in [1.807, 2.05) is 54.6 Å². The number of hydrogen-bond donors (Lipinski definition) is 1. The van der Waals surface area contributed by atoms with Crippen LogP contribution >= 0.6 is 35.0 Å². The Bertz CT molecular complexity index is 1210. The fourth-order valence-corrected chi connectivity index (χ4v) is 6.22. The van der Waals surface area contributed by atoms with E-state index < -0.39 is 6.04 Å². The van der Waals surface area contributed by atoms with Gasteiger partial charge >= 0.3 is 0 Å². The van der Waals surface area contributed by atoms with Crippen LogP contribution in [0.1, 0.15) is 42.4 Å². The number of amides is 2. The third-order valence-corrected chi connectivity index (χ3v) is 8.71. The molecule has 1 aliphatic carbocycles. The number of carbonyl (C=O) groups excluding carboxylic acids is 2. The van der Waals surface area contributed by atoms with E-state index in [0.717, 1.165) is 42.6 Å². The Hall–Kier alpha value is -2.67. The van der Waals surface area contributed by atoms with E-state index in [9.17, 15) is 9.59 Å². The van der Waals surface area contributed by atoms with Gasteiger partial charge in [0.05, 0.1) is 12.9 Å². The molecule has 0 radical (unpaired) electrons. The Morgan fingerprint density at radius 3 is 2.26 bits per heavy atom. The number of thioether (sulfide) groups is 1. The van der Waals surface area contributed by atoms with Crippen molar-refractivity contribution in [2.45, 2.75) is 56.5 Å². The van der Waals surface area contributed by atoms with Crippen LogP contribution in [0.15, 0.2) is 72.8 Å². The normalized spacial score (nSPS) is 14.1. The molecule has 1 atom stereocenters. The fourth-order valence-electron chi connectivity index (χ4n) is 4.84. The molecule has 1 N–H and O–H groups in total. The molecule has 3 aromatic carbocycles. The highest BCUT2D eigenvalue weighted by atomic mass is 35.5. The van der Waals surface area contributed by atoms with E-state index in [1.165, 1.54) is 11.8 Å². The van der Waals surface area contributed by atoms with E-state index in [2.05, 4.69) is 5.32 Å². The summed E-state index contributed by atoms with van der Waals surface area (Å²) in [4.78, 5) is 29.3. The van der Waals surface area contributed by atoms with Crippen molar-refractivity contribution in [3.63, 3.8) is 0 Å². The molecule has 206 valence electrons. The molecule has 0 aliphatic heterocycles. The van der Waals surface area contributed by atoms with Crippen LogP contribution < -0.4 is 10.1 Å². The van der Waals surface area contributed by atoms with E-state index in [1.54, 1.807) is 30.2 Å². The standard InChI is InChI=1S/C31H34Cl2N2O3S/c1-38-25-16-14-23(15-17-25)20-39-21-30(36)35(19-26-27(32)12-7-13-28(26)33)29(18-22-8-3-2-4-9-22)31(37)34-24-10-5-6-11-24/h2-4,7-9,12-17,24,29H,5-6,10-11,18-21H2,1H3,(H,34,37)/t29-/m1/s1. The Kier molecular flexibility index (Phi) is 11.0. The minimum atomic E-state index is -0.700. The van der Waals surface area contributed by atoms with Crippen molar-refractivity contribution in [3.8, 4) is 5.75 Å². The number of nitrogens with one attached hydrogen (secondary N) is 1. The van der Waals surface area contributed by atoms with Crippen molar-refractivity contribution < 1.29 is 14.3 Å². The van der Waals surface area contributed by atoms with Gasteiger partial charge in [0, 0.05) is 40.4 Å². The molecule has 2 amide bonds. The number of methoxy groups -OCH3 is 1. The second-order valence-corrected chi connectivity index (χ2v) is 11.6. The van der Waals surface area contributed by atoms with Gasteiger partial charge in [0.15, 0.2) is 0 Å². The van der Waals surface area contributed by atoms with E-state index in [4.69, 9.17) is 27.9 Å². The quantitative estimate of drug-likeness (QED) is 0.250. The highest BCUT2D eigenvalue weighted by Gasteiger charge is 2.32. The number of carbonyl (C=O) groups is 2. The van der Waals surface area contributed by atoms with Crippen LogP contribution in [0, 0.1) is 0 Å². The van der Waals surface area contributed by atoms with Gasteiger partial charge in [0.1, 0.15) is 11.8 Å². The number of rotatable bonds is 12. The van der Waals surface area contributed by atoms with Crippen molar-refractivity contribution in [1.82, 2.24) is 10.2 Å². The van der Waals surface area contributed by atoms with Gasteiger partial charge in [0.25, 0.3) is 0 Å². The Morgan fingerprint density at radius 1 is 0.949 bits per heavy atom. The van der Waals surface area contributed by atoms with Gasteiger partial charge in [-0.05, 0) is 48.2 Å². The molecular formula is C31H34Cl2N2O3S. The number of nitrogens with zero attached hydrogens (tertiary/aromatic N) is 1. The molecule has 0 spiro atoms. The maximum Gasteiger partial charge on any atom is 0.243 e. The molecule has 1 aliphatic rings. The summed E-state index contributed by atoms with van der Waals surface area (Å²) >= 11 is 14.6. The zero-order chi connectivity index (χ0) is 27.6. The number of benzene rings is 3. The van der Waals surface area contributed by atoms with Gasteiger partial charge in [0.2, 0.25) is 11.8 Å². The SMILES string of the molecule is COc1ccc(CSCC(=O)N(Cc2c(Cl)cccc2Cl)[C@H](Cc2ccccc2)C(=O)NC2CCCC2)cc1. The first-order valence-corrected chi connectivity index (χ1v) is 15.1. The molecule has 0 bridgehead atoms. The first-order valence-electron chi connectivity index (χ1n) is 13.2. The molecule has 4 rings (SSSR count). The molecule has 8 heteroatoms. The largest absolute Gasteiger partial charge is 0.497 e. The minimum Gasteiger partial charge on any atom is -0.497 e. The second-order valence-electron chi connectivity index (χ2n) is 9.76. The Labute approximate surface area is 245 Å². The van der Waals surface area contributed by atoms with Crippen LogP contribution in [-0.4, -0.2) is 41.7 Å². The maximum absolute atomic E-state index is 13.9. The third-order valence-electron chi connectivity index (χ3n) is 7.02. The van der Waals surface area contributed by atoms with Gasteiger partial charge in [-0.2, -0.15) is 0 Å². The summed E-state index contributed by atoms with van der Waals surface area (Å²) in [7, 11) is 1.64. The van der Waals surface area contributed by atoms with E-state index in [-0.39, 0.29) is 30.2 Å². The summed E-state index contributed by atoms with van der Waals surface area (Å²) < 4.78 is 5.24. The van der Waals surface area contributed by atoms with Crippen LogP contribution in [0.25, 0.3) is 0 Å². The molecule has 1 fully saturated rings. The van der Waals surface area contributed by atoms with E-state index >= 15 is 0 Å². The lowest BCUT2D eigenvalue weighted by Crippen LogP contribution is -2.52. The van der Waals surface area contributed by atoms with Crippen LogP contribution in [0.5, 0.6) is 5.75 Å². The minimum absolute atomic E-state index is 0.132. The molecule has 0 saturated heterocycles. The van der Waals surface area contributed by atoms with Crippen LogP contribution in [0.4, 0.5) is 0 Å². The average Bonchev–Trinajstić information content (AvgIpc) is 3.46. The highest BCUT2D eigenvalue weighted by Crippen LogP contribution is 2.28. The third kappa shape index (κ3) is 8.41.